The Morgan fingerprint density at radius 1 is 1.00 bits per heavy atom. The lowest BCUT2D eigenvalue weighted by molar-refractivity contribution is 0.171. The first kappa shape index (κ1) is 7.64. The third-order valence-corrected chi connectivity index (χ3v) is 4.47. The lowest BCUT2D eigenvalue weighted by atomic mass is 9.73. The summed E-state index contributed by atoms with van der Waals surface area (Å²) in [5.74, 6) is 2.03. The van der Waals surface area contributed by atoms with Gasteiger partial charge in [0.1, 0.15) is 0 Å². The molecule has 64 valence electrons. The predicted molar refractivity (Wildman–Crippen MR) is 48.4 cm³/mol. The minimum absolute atomic E-state index is 0.645. The summed E-state index contributed by atoms with van der Waals surface area (Å²) in [7, 11) is 0. The zero-order valence-electron chi connectivity index (χ0n) is 8.28. The lowest BCUT2D eigenvalue weighted by Gasteiger charge is -2.32. The van der Waals surface area contributed by atoms with Crippen molar-refractivity contribution in [3.8, 4) is 0 Å². The van der Waals surface area contributed by atoms with Gasteiger partial charge in [-0.1, -0.05) is 27.7 Å². The molecule has 0 spiro atoms. The smallest absolute Gasteiger partial charge is 0.0292 e. The summed E-state index contributed by atoms with van der Waals surface area (Å²) in [5.41, 5.74) is 1.30. The zero-order valence-corrected chi connectivity index (χ0v) is 8.28. The minimum Gasteiger partial charge on any atom is -0.0596 e. The molecule has 2 bridgehead atoms. The molecular formula is C11H20. The monoisotopic (exact) mass is 152 g/mol. The fraction of sp³-hybridized carbons (Fsp3) is 1.00. The van der Waals surface area contributed by atoms with Crippen LogP contribution in [-0.2, 0) is 0 Å². The summed E-state index contributed by atoms with van der Waals surface area (Å²) in [6.07, 6.45) is 4.47. The second kappa shape index (κ2) is 1.84. The first-order valence-electron chi connectivity index (χ1n) is 4.94. The van der Waals surface area contributed by atoms with Crippen molar-refractivity contribution in [1.82, 2.24) is 0 Å². The third-order valence-electron chi connectivity index (χ3n) is 4.47. The molecule has 2 unspecified atom stereocenters. The van der Waals surface area contributed by atoms with Crippen molar-refractivity contribution < 1.29 is 0 Å². The summed E-state index contributed by atoms with van der Waals surface area (Å²) in [5, 5.41) is 0. The van der Waals surface area contributed by atoms with Gasteiger partial charge in [-0.2, -0.15) is 0 Å². The van der Waals surface area contributed by atoms with E-state index in [0.717, 1.165) is 11.8 Å². The summed E-state index contributed by atoms with van der Waals surface area (Å²) in [6, 6.07) is 0. The van der Waals surface area contributed by atoms with Gasteiger partial charge in [-0.15, -0.1) is 0 Å². The SMILES string of the molecule is CC1(C)CC2CCC1C2(C)C. The Balaban J connectivity index is 2.33. The fourth-order valence-corrected chi connectivity index (χ4v) is 3.94. The molecule has 0 saturated heterocycles. The zero-order chi connectivity index (χ0) is 8.28. The Labute approximate surface area is 70.4 Å². The van der Waals surface area contributed by atoms with Crippen LogP contribution in [0.4, 0.5) is 0 Å². The highest BCUT2D eigenvalue weighted by Crippen LogP contribution is 2.65. The Morgan fingerprint density at radius 3 is 1.82 bits per heavy atom. The van der Waals surface area contributed by atoms with Gasteiger partial charge in [0, 0.05) is 0 Å². The van der Waals surface area contributed by atoms with Crippen LogP contribution < -0.4 is 0 Å². The van der Waals surface area contributed by atoms with Crippen LogP contribution in [0.1, 0.15) is 47.0 Å². The Hall–Kier alpha value is 0. The van der Waals surface area contributed by atoms with E-state index in [1.54, 1.807) is 0 Å². The first-order chi connectivity index (χ1) is 4.94. The van der Waals surface area contributed by atoms with Crippen LogP contribution in [-0.4, -0.2) is 0 Å². The molecule has 2 saturated carbocycles. The Kier molecular flexibility index (Phi) is 1.28. The van der Waals surface area contributed by atoms with Gasteiger partial charge < -0.3 is 0 Å². The second-order valence-corrected chi connectivity index (χ2v) is 5.84. The van der Waals surface area contributed by atoms with Gasteiger partial charge in [-0.25, -0.2) is 0 Å². The van der Waals surface area contributed by atoms with E-state index in [2.05, 4.69) is 27.7 Å². The molecule has 0 radical (unpaired) electrons. The van der Waals surface area contributed by atoms with E-state index < -0.39 is 0 Å². The average molecular weight is 152 g/mol. The highest BCUT2D eigenvalue weighted by molar-refractivity contribution is 5.05. The molecule has 0 heterocycles. The topological polar surface area (TPSA) is 0 Å². The third kappa shape index (κ3) is 0.816. The van der Waals surface area contributed by atoms with Crippen molar-refractivity contribution >= 4 is 0 Å². The van der Waals surface area contributed by atoms with Gasteiger partial charge in [0.15, 0.2) is 0 Å². The molecule has 2 aliphatic carbocycles. The second-order valence-electron chi connectivity index (χ2n) is 5.84. The van der Waals surface area contributed by atoms with Crippen LogP contribution in [0.3, 0.4) is 0 Å². The van der Waals surface area contributed by atoms with Gasteiger partial charge in [0.2, 0.25) is 0 Å². The molecule has 2 fully saturated rings. The molecule has 0 amide bonds. The van der Waals surface area contributed by atoms with Gasteiger partial charge in [0.05, 0.1) is 0 Å². The maximum absolute atomic E-state index is 2.48. The molecule has 11 heavy (non-hydrogen) atoms. The molecule has 0 aromatic heterocycles. The molecule has 2 aliphatic rings. The molecule has 2 rings (SSSR count). The summed E-state index contributed by atoms with van der Waals surface area (Å²) < 4.78 is 0. The van der Waals surface area contributed by atoms with Crippen molar-refractivity contribution in [3.05, 3.63) is 0 Å². The Bertz CT molecular complexity index is 176. The van der Waals surface area contributed by atoms with Crippen molar-refractivity contribution in [1.29, 1.82) is 0 Å². The fourth-order valence-electron chi connectivity index (χ4n) is 3.94. The quantitative estimate of drug-likeness (QED) is 0.498. The summed E-state index contributed by atoms with van der Waals surface area (Å²) in [4.78, 5) is 0. The van der Waals surface area contributed by atoms with Gasteiger partial charge in [-0.05, 0) is 41.9 Å². The van der Waals surface area contributed by atoms with Crippen molar-refractivity contribution in [2.24, 2.45) is 22.7 Å². The first-order valence-corrected chi connectivity index (χ1v) is 4.94. The molecule has 0 aliphatic heterocycles. The van der Waals surface area contributed by atoms with E-state index in [9.17, 15) is 0 Å². The highest BCUT2D eigenvalue weighted by Gasteiger charge is 2.56. The van der Waals surface area contributed by atoms with E-state index in [1.165, 1.54) is 19.3 Å². The van der Waals surface area contributed by atoms with Crippen LogP contribution in [0, 0.1) is 22.7 Å². The lowest BCUT2D eigenvalue weighted by Crippen LogP contribution is -2.24. The van der Waals surface area contributed by atoms with Crippen LogP contribution >= 0.6 is 0 Å². The van der Waals surface area contributed by atoms with Crippen LogP contribution in [0.5, 0.6) is 0 Å². The molecule has 0 N–H and O–H groups in total. The number of hydrogen-bond acceptors (Lipinski definition) is 0. The van der Waals surface area contributed by atoms with Crippen LogP contribution in [0.15, 0.2) is 0 Å². The highest BCUT2D eigenvalue weighted by atomic mass is 14.6. The van der Waals surface area contributed by atoms with Gasteiger partial charge in [0.25, 0.3) is 0 Å². The number of fused-ring (bicyclic) bond motifs is 2. The molecule has 0 heteroatoms. The van der Waals surface area contributed by atoms with E-state index >= 15 is 0 Å². The van der Waals surface area contributed by atoms with Crippen molar-refractivity contribution in [3.63, 3.8) is 0 Å². The molecule has 2 atom stereocenters. The average Bonchev–Trinajstić information content (AvgIpc) is 2.15. The van der Waals surface area contributed by atoms with E-state index in [4.69, 9.17) is 0 Å². The Morgan fingerprint density at radius 2 is 1.64 bits per heavy atom. The standard InChI is InChI=1S/C11H20/c1-10(2)7-8-5-6-9(10)11(8,3)4/h8-9H,5-7H2,1-4H3. The summed E-state index contributed by atoms with van der Waals surface area (Å²) >= 11 is 0. The maximum Gasteiger partial charge on any atom is -0.0292 e. The van der Waals surface area contributed by atoms with Crippen LogP contribution in [0.2, 0.25) is 0 Å². The van der Waals surface area contributed by atoms with E-state index in [0.29, 0.717) is 10.8 Å². The molecule has 0 aromatic carbocycles. The van der Waals surface area contributed by atoms with Gasteiger partial charge in [-0.3, -0.25) is 0 Å². The minimum atomic E-state index is 0.645. The van der Waals surface area contributed by atoms with E-state index in [-0.39, 0.29) is 0 Å². The van der Waals surface area contributed by atoms with Crippen molar-refractivity contribution in [2.75, 3.05) is 0 Å². The largest absolute Gasteiger partial charge is 0.0596 e. The maximum atomic E-state index is 2.48. The number of rotatable bonds is 0. The van der Waals surface area contributed by atoms with Crippen molar-refractivity contribution in [2.45, 2.75) is 47.0 Å². The van der Waals surface area contributed by atoms with E-state index in [1.807, 2.05) is 0 Å². The van der Waals surface area contributed by atoms with Gasteiger partial charge >= 0.3 is 0 Å². The normalized spacial score (nSPS) is 44.7. The predicted octanol–water partition coefficient (Wildman–Crippen LogP) is 3.47. The molecule has 0 aromatic rings. The van der Waals surface area contributed by atoms with Crippen LogP contribution in [0.25, 0.3) is 0 Å². The number of hydrogen-bond donors (Lipinski definition) is 0. The molecule has 0 nitrogen and oxygen atoms in total. The molecular weight excluding hydrogens is 132 g/mol. The summed E-state index contributed by atoms with van der Waals surface area (Å²) in [6.45, 7) is 9.87.